The van der Waals surface area contributed by atoms with Gasteiger partial charge in [0, 0.05) is 11.1 Å². The molecule has 2 heteroatoms. The number of nitriles is 1. The van der Waals surface area contributed by atoms with Crippen molar-refractivity contribution >= 4 is 8.07 Å². The van der Waals surface area contributed by atoms with Crippen molar-refractivity contribution in [2.45, 2.75) is 19.6 Å². The fourth-order valence-electron chi connectivity index (χ4n) is 1.84. The molecule has 2 aromatic carbocycles. The van der Waals surface area contributed by atoms with Gasteiger partial charge >= 0.3 is 0 Å². The van der Waals surface area contributed by atoms with Gasteiger partial charge in [-0.25, -0.2) is 0 Å². The van der Waals surface area contributed by atoms with Gasteiger partial charge in [0.2, 0.25) is 0 Å². The standard InChI is InChI=1S/C18H17NSi/c1-20(2,3)12-11-15-9-10-17(14-19)18(13-15)16-7-5-4-6-8-16/h4-10,13H,1-3H3. The molecule has 0 aliphatic carbocycles. The van der Waals surface area contributed by atoms with Crippen LogP contribution in [0.1, 0.15) is 11.1 Å². The van der Waals surface area contributed by atoms with Crippen molar-refractivity contribution in [3.63, 3.8) is 0 Å². The second kappa shape index (κ2) is 5.78. The van der Waals surface area contributed by atoms with E-state index in [1.165, 1.54) is 0 Å². The Morgan fingerprint density at radius 1 is 0.950 bits per heavy atom. The monoisotopic (exact) mass is 275 g/mol. The van der Waals surface area contributed by atoms with Crippen LogP contribution in [0.3, 0.4) is 0 Å². The minimum absolute atomic E-state index is 0.690. The first-order valence-electron chi connectivity index (χ1n) is 6.62. The highest BCUT2D eigenvalue weighted by atomic mass is 28.3. The number of benzene rings is 2. The summed E-state index contributed by atoms with van der Waals surface area (Å²) in [5.74, 6) is 3.25. The van der Waals surface area contributed by atoms with Gasteiger partial charge in [0.05, 0.1) is 11.6 Å². The summed E-state index contributed by atoms with van der Waals surface area (Å²) in [6, 6.07) is 18.0. The summed E-state index contributed by atoms with van der Waals surface area (Å²) in [6.45, 7) is 6.67. The van der Waals surface area contributed by atoms with Gasteiger partial charge in [-0.2, -0.15) is 5.26 Å². The van der Waals surface area contributed by atoms with Crippen LogP contribution in [0.4, 0.5) is 0 Å². The highest BCUT2D eigenvalue weighted by molar-refractivity contribution is 6.83. The predicted octanol–water partition coefficient (Wildman–Crippen LogP) is 4.45. The van der Waals surface area contributed by atoms with E-state index in [1.807, 2.05) is 48.5 Å². The SMILES string of the molecule is C[Si](C)(C)C#Cc1ccc(C#N)c(-c2ccccc2)c1. The lowest BCUT2D eigenvalue weighted by atomic mass is 9.98. The van der Waals surface area contributed by atoms with Crippen LogP contribution in [0, 0.1) is 22.8 Å². The average molecular weight is 275 g/mol. The molecule has 0 aromatic heterocycles. The molecule has 0 heterocycles. The Balaban J connectivity index is 2.51. The topological polar surface area (TPSA) is 23.8 Å². The number of hydrogen-bond donors (Lipinski definition) is 0. The predicted molar refractivity (Wildman–Crippen MR) is 86.8 cm³/mol. The van der Waals surface area contributed by atoms with Crippen molar-refractivity contribution in [2.75, 3.05) is 0 Å². The second-order valence-electron chi connectivity index (χ2n) is 5.74. The maximum atomic E-state index is 9.25. The normalized spacial score (nSPS) is 10.3. The Labute approximate surface area is 121 Å². The Bertz CT molecular complexity index is 707. The number of nitrogens with zero attached hydrogens (tertiary/aromatic N) is 1. The average Bonchev–Trinajstić information content (AvgIpc) is 2.45. The fraction of sp³-hybridized carbons (Fsp3) is 0.167. The van der Waals surface area contributed by atoms with Crippen molar-refractivity contribution in [1.29, 1.82) is 5.26 Å². The summed E-state index contributed by atoms with van der Waals surface area (Å²) in [5.41, 5.74) is 7.04. The highest BCUT2D eigenvalue weighted by Gasteiger charge is 2.08. The third-order valence-electron chi connectivity index (χ3n) is 2.81. The van der Waals surface area contributed by atoms with Gasteiger partial charge in [-0.05, 0) is 23.8 Å². The molecule has 0 aliphatic rings. The highest BCUT2D eigenvalue weighted by Crippen LogP contribution is 2.24. The minimum atomic E-state index is -1.38. The van der Waals surface area contributed by atoms with Crippen LogP contribution in [0.25, 0.3) is 11.1 Å². The van der Waals surface area contributed by atoms with Crippen molar-refractivity contribution < 1.29 is 0 Å². The molecule has 0 N–H and O–H groups in total. The van der Waals surface area contributed by atoms with Crippen LogP contribution >= 0.6 is 0 Å². The van der Waals surface area contributed by atoms with E-state index in [2.05, 4.69) is 37.2 Å². The molecule has 0 radical (unpaired) electrons. The molecule has 0 atom stereocenters. The van der Waals surface area contributed by atoms with E-state index in [9.17, 15) is 5.26 Å². The first-order chi connectivity index (χ1) is 9.49. The summed E-state index contributed by atoms with van der Waals surface area (Å²) in [6.07, 6.45) is 0. The number of rotatable bonds is 1. The quantitative estimate of drug-likeness (QED) is 0.557. The third kappa shape index (κ3) is 3.60. The molecule has 98 valence electrons. The summed E-state index contributed by atoms with van der Waals surface area (Å²) in [7, 11) is -1.38. The summed E-state index contributed by atoms with van der Waals surface area (Å²) in [5, 5.41) is 9.25. The summed E-state index contributed by atoms with van der Waals surface area (Å²) in [4.78, 5) is 0. The van der Waals surface area contributed by atoms with Crippen molar-refractivity contribution in [3.05, 3.63) is 59.7 Å². The third-order valence-corrected chi connectivity index (χ3v) is 3.68. The van der Waals surface area contributed by atoms with Crippen LogP contribution in [-0.4, -0.2) is 8.07 Å². The molecule has 0 saturated carbocycles. The first kappa shape index (κ1) is 14.1. The summed E-state index contributed by atoms with van der Waals surface area (Å²) < 4.78 is 0. The molecule has 0 bridgehead atoms. The van der Waals surface area contributed by atoms with E-state index in [1.54, 1.807) is 0 Å². The molecule has 20 heavy (non-hydrogen) atoms. The van der Waals surface area contributed by atoms with Crippen molar-refractivity contribution in [2.24, 2.45) is 0 Å². The first-order valence-corrected chi connectivity index (χ1v) is 10.1. The zero-order chi connectivity index (χ0) is 14.6. The molecule has 2 aromatic rings. The molecular weight excluding hydrogens is 258 g/mol. The van der Waals surface area contributed by atoms with E-state index in [0.717, 1.165) is 16.7 Å². The zero-order valence-electron chi connectivity index (χ0n) is 12.1. The molecule has 0 saturated heterocycles. The van der Waals surface area contributed by atoms with Crippen molar-refractivity contribution in [1.82, 2.24) is 0 Å². The Hall–Kier alpha value is -2.29. The van der Waals surface area contributed by atoms with E-state index in [-0.39, 0.29) is 0 Å². The molecule has 0 fully saturated rings. The van der Waals surface area contributed by atoms with E-state index >= 15 is 0 Å². The Morgan fingerprint density at radius 2 is 1.65 bits per heavy atom. The van der Waals surface area contributed by atoms with Crippen LogP contribution in [0.2, 0.25) is 19.6 Å². The summed E-state index contributed by atoms with van der Waals surface area (Å²) >= 11 is 0. The Kier molecular flexibility index (Phi) is 4.08. The van der Waals surface area contributed by atoms with Gasteiger partial charge in [-0.1, -0.05) is 55.9 Å². The van der Waals surface area contributed by atoms with Gasteiger partial charge in [0.15, 0.2) is 0 Å². The van der Waals surface area contributed by atoms with Gasteiger partial charge in [0.25, 0.3) is 0 Å². The van der Waals surface area contributed by atoms with Crippen LogP contribution in [0.15, 0.2) is 48.5 Å². The lowest BCUT2D eigenvalue weighted by Gasteiger charge is -2.06. The molecule has 0 spiro atoms. The van der Waals surface area contributed by atoms with Gasteiger partial charge in [0.1, 0.15) is 8.07 Å². The van der Waals surface area contributed by atoms with Crippen molar-refractivity contribution in [3.8, 4) is 28.7 Å². The molecule has 0 unspecified atom stereocenters. The molecule has 2 rings (SSSR count). The number of hydrogen-bond acceptors (Lipinski definition) is 1. The largest absolute Gasteiger partial charge is 0.192 e. The Morgan fingerprint density at radius 3 is 2.25 bits per heavy atom. The minimum Gasteiger partial charge on any atom is -0.192 e. The van der Waals surface area contributed by atoms with Gasteiger partial charge < -0.3 is 0 Å². The molecule has 0 amide bonds. The van der Waals surface area contributed by atoms with Crippen LogP contribution in [0.5, 0.6) is 0 Å². The lowest BCUT2D eigenvalue weighted by Crippen LogP contribution is -2.16. The van der Waals surface area contributed by atoms with Gasteiger partial charge in [-0.3, -0.25) is 0 Å². The van der Waals surface area contributed by atoms with E-state index < -0.39 is 8.07 Å². The van der Waals surface area contributed by atoms with E-state index in [4.69, 9.17) is 0 Å². The maximum Gasteiger partial charge on any atom is 0.129 e. The van der Waals surface area contributed by atoms with E-state index in [0.29, 0.717) is 5.56 Å². The van der Waals surface area contributed by atoms with Crippen LogP contribution in [-0.2, 0) is 0 Å². The smallest absolute Gasteiger partial charge is 0.129 e. The fourth-order valence-corrected chi connectivity index (χ4v) is 2.36. The maximum absolute atomic E-state index is 9.25. The molecule has 0 aliphatic heterocycles. The van der Waals surface area contributed by atoms with Crippen LogP contribution < -0.4 is 0 Å². The molecular formula is C18H17NSi. The second-order valence-corrected chi connectivity index (χ2v) is 10.5. The lowest BCUT2D eigenvalue weighted by molar-refractivity contribution is 1.47. The zero-order valence-corrected chi connectivity index (χ0v) is 13.1. The van der Waals surface area contributed by atoms with Gasteiger partial charge in [-0.15, -0.1) is 5.54 Å². The molecule has 1 nitrogen and oxygen atoms in total.